The number of hydrogen-bond acceptors (Lipinski definition) is 4. The fraction of sp³-hybridized carbons (Fsp3) is 0.125. The molecule has 3 rings (SSSR count). The van der Waals surface area contributed by atoms with Crippen LogP contribution < -0.4 is 5.32 Å². The van der Waals surface area contributed by atoms with Crippen molar-refractivity contribution in [1.82, 2.24) is 9.88 Å². The number of hydrogen-bond donors (Lipinski definition) is 1. The van der Waals surface area contributed by atoms with Gasteiger partial charge in [-0.25, -0.2) is 4.98 Å². The molecule has 110 valence electrons. The molecule has 1 aromatic carbocycles. The third kappa shape index (κ3) is 2.24. The van der Waals surface area contributed by atoms with Crippen LogP contribution in [0.3, 0.4) is 0 Å². The summed E-state index contributed by atoms with van der Waals surface area (Å²) in [6.45, 7) is 1.51. The van der Waals surface area contributed by atoms with Crippen molar-refractivity contribution in [2.75, 3.05) is 5.32 Å². The number of benzene rings is 1. The highest BCUT2D eigenvalue weighted by Crippen LogP contribution is 2.24. The lowest BCUT2D eigenvalue weighted by Crippen LogP contribution is -2.45. The quantitative estimate of drug-likeness (QED) is 0.874. The van der Waals surface area contributed by atoms with Crippen LogP contribution in [0.25, 0.3) is 0 Å². The summed E-state index contributed by atoms with van der Waals surface area (Å²) in [5.74, 6) is -1.00. The smallest absolute Gasteiger partial charge is 0.262 e. The summed E-state index contributed by atoms with van der Waals surface area (Å²) in [7, 11) is 0. The van der Waals surface area contributed by atoms with Crippen molar-refractivity contribution in [3.05, 3.63) is 59.8 Å². The van der Waals surface area contributed by atoms with E-state index in [2.05, 4.69) is 10.3 Å². The molecule has 1 aliphatic rings. The summed E-state index contributed by atoms with van der Waals surface area (Å²) in [5.41, 5.74) is 0.648. The highest BCUT2D eigenvalue weighted by Gasteiger charge is 2.40. The summed E-state index contributed by atoms with van der Waals surface area (Å²) in [6.07, 6.45) is 1.54. The number of pyridine rings is 1. The van der Waals surface area contributed by atoms with E-state index < -0.39 is 23.8 Å². The van der Waals surface area contributed by atoms with E-state index in [1.807, 2.05) is 0 Å². The summed E-state index contributed by atoms with van der Waals surface area (Å²) in [4.78, 5) is 41.8. The summed E-state index contributed by atoms with van der Waals surface area (Å²) >= 11 is 0. The SMILES string of the molecule is CC(C(=O)Nc1ccccn1)N1C(=O)c2ccccc2C1=O. The standard InChI is InChI=1S/C16H13N3O3/c1-10(14(20)18-13-8-4-5-9-17-13)19-15(21)11-6-2-3-7-12(11)16(19)22/h2-10H,1H3,(H,17,18,20). The van der Waals surface area contributed by atoms with E-state index in [9.17, 15) is 14.4 Å². The molecular formula is C16H13N3O3. The molecule has 2 aromatic rings. The molecule has 0 saturated heterocycles. The minimum atomic E-state index is -0.922. The minimum absolute atomic E-state index is 0.324. The lowest BCUT2D eigenvalue weighted by Gasteiger charge is -2.21. The van der Waals surface area contributed by atoms with Crippen LogP contribution in [0.5, 0.6) is 0 Å². The first-order valence-electron chi connectivity index (χ1n) is 6.78. The number of carbonyl (C=O) groups is 3. The monoisotopic (exact) mass is 295 g/mol. The Bertz CT molecular complexity index is 723. The van der Waals surface area contributed by atoms with Gasteiger partial charge in [0.1, 0.15) is 11.9 Å². The Morgan fingerprint density at radius 1 is 1.05 bits per heavy atom. The molecule has 1 N–H and O–H groups in total. The summed E-state index contributed by atoms with van der Waals surface area (Å²) in [5, 5.41) is 2.59. The molecule has 1 atom stereocenters. The van der Waals surface area contributed by atoms with E-state index in [1.165, 1.54) is 6.92 Å². The van der Waals surface area contributed by atoms with E-state index in [0.29, 0.717) is 16.9 Å². The van der Waals surface area contributed by atoms with Gasteiger partial charge in [-0.1, -0.05) is 18.2 Å². The van der Waals surface area contributed by atoms with Gasteiger partial charge < -0.3 is 5.32 Å². The maximum absolute atomic E-state index is 12.3. The molecule has 0 saturated carbocycles. The van der Waals surface area contributed by atoms with E-state index in [-0.39, 0.29) is 0 Å². The van der Waals surface area contributed by atoms with Crippen LogP contribution in [-0.2, 0) is 4.79 Å². The average molecular weight is 295 g/mol. The van der Waals surface area contributed by atoms with Gasteiger partial charge in [-0.3, -0.25) is 19.3 Å². The summed E-state index contributed by atoms with van der Waals surface area (Å²) in [6, 6.07) is 10.7. The Morgan fingerprint density at radius 2 is 1.64 bits per heavy atom. The van der Waals surface area contributed by atoms with Gasteiger partial charge in [-0.15, -0.1) is 0 Å². The number of amides is 3. The maximum atomic E-state index is 12.3. The van der Waals surface area contributed by atoms with Gasteiger partial charge in [0.25, 0.3) is 11.8 Å². The van der Waals surface area contributed by atoms with Gasteiger partial charge in [-0.2, -0.15) is 0 Å². The van der Waals surface area contributed by atoms with Crippen molar-refractivity contribution < 1.29 is 14.4 Å². The van der Waals surface area contributed by atoms with Crippen LogP contribution in [0.2, 0.25) is 0 Å². The Balaban J connectivity index is 1.81. The number of aromatic nitrogens is 1. The number of rotatable bonds is 3. The average Bonchev–Trinajstić information content (AvgIpc) is 2.79. The molecule has 0 bridgehead atoms. The van der Waals surface area contributed by atoms with Crippen LogP contribution in [-0.4, -0.2) is 33.6 Å². The largest absolute Gasteiger partial charge is 0.309 e. The van der Waals surface area contributed by atoms with Crippen LogP contribution in [0.4, 0.5) is 5.82 Å². The van der Waals surface area contributed by atoms with E-state index in [4.69, 9.17) is 0 Å². The first-order chi connectivity index (χ1) is 10.6. The second-order valence-corrected chi connectivity index (χ2v) is 4.91. The van der Waals surface area contributed by atoms with Gasteiger partial charge in [0.15, 0.2) is 0 Å². The molecule has 0 aliphatic carbocycles. The molecule has 6 nitrogen and oxygen atoms in total. The second kappa shape index (κ2) is 5.40. The van der Waals surface area contributed by atoms with Gasteiger partial charge in [0, 0.05) is 6.20 Å². The predicted octanol–water partition coefficient (Wildman–Crippen LogP) is 1.70. The first kappa shape index (κ1) is 13.9. The van der Waals surface area contributed by atoms with Crippen molar-refractivity contribution in [3.63, 3.8) is 0 Å². The van der Waals surface area contributed by atoms with Gasteiger partial charge >= 0.3 is 0 Å². The molecule has 0 radical (unpaired) electrons. The molecule has 0 spiro atoms. The zero-order valence-corrected chi connectivity index (χ0v) is 11.8. The first-order valence-corrected chi connectivity index (χ1v) is 6.78. The van der Waals surface area contributed by atoms with Crippen molar-refractivity contribution in [1.29, 1.82) is 0 Å². The Morgan fingerprint density at radius 3 is 2.18 bits per heavy atom. The molecule has 1 aliphatic heterocycles. The number of anilines is 1. The molecule has 6 heteroatoms. The zero-order chi connectivity index (χ0) is 15.7. The third-order valence-corrected chi connectivity index (χ3v) is 3.51. The van der Waals surface area contributed by atoms with Crippen LogP contribution in [0.15, 0.2) is 48.7 Å². The topological polar surface area (TPSA) is 79.4 Å². The third-order valence-electron chi connectivity index (χ3n) is 3.51. The zero-order valence-electron chi connectivity index (χ0n) is 11.8. The van der Waals surface area contributed by atoms with E-state index >= 15 is 0 Å². The second-order valence-electron chi connectivity index (χ2n) is 4.91. The summed E-state index contributed by atoms with van der Waals surface area (Å²) < 4.78 is 0. The Labute approximate surface area is 126 Å². The van der Waals surface area contributed by atoms with E-state index in [0.717, 1.165) is 4.90 Å². The number of carbonyl (C=O) groups excluding carboxylic acids is 3. The number of imide groups is 1. The van der Waals surface area contributed by atoms with Gasteiger partial charge in [0.05, 0.1) is 11.1 Å². The van der Waals surface area contributed by atoms with Gasteiger partial charge in [-0.05, 0) is 31.2 Å². The van der Waals surface area contributed by atoms with Crippen LogP contribution in [0, 0.1) is 0 Å². The normalized spacial score (nSPS) is 14.7. The Hall–Kier alpha value is -3.02. The van der Waals surface area contributed by atoms with Crippen LogP contribution >= 0.6 is 0 Å². The van der Waals surface area contributed by atoms with Crippen molar-refractivity contribution >= 4 is 23.5 Å². The Kier molecular flexibility index (Phi) is 3.42. The highest BCUT2D eigenvalue weighted by atomic mass is 16.2. The highest BCUT2D eigenvalue weighted by molar-refractivity contribution is 6.23. The van der Waals surface area contributed by atoms with Crippen molar-refractivity contribution in [3.8, 4) is 0 Å². The number of nitrogens with one attached hydrogen (secondary N) is 1. The predicted molar refractivity (Wildman–Crippen MR) is 79.3 cm³/mol. The molecule has 22 heavy (non-hydrogen) atoms. The lowest BCUT2D eigenvalue weighted by molar-refractivity contribution is -0.119. The molecule has 0 fully saturated rings. The lowest BCUT2D eigenvalue weighted by atomic mass is 10.1. The minimum Gasteiger partial charge on any atom is -0.309 e. The fourth-order valence-corrected chi connectivity index (χ4v) is 2.34. The molecule has 1 unspecified atom stereocenters. The maximum Gasteiger partial charge on any atom is 0.262 e. The number of nitrogens with zero attached hydrogens (tertiary/aromatic N) is 2. The molecule has 1 aromatic heterocycles. The number of fused-ring (bicyclic) bond motifs is 1. The van der Waals surface area contributed by atoms with Gasteiger partial charge in [0.2, 0.25) is 5.91 Å². The molecule has 2 heterocycles. The van der Waals surface area contributed by atoms with Crippen LogP contribution in [0.1, 0.15) is 27.6 Å². The fourth-order valence-electron chi connectivity index (χ4n) is 2.34. The van der Waals surface area contributed by atoms with Crippen molar-refractivity contribution in [2.45, 2.75) is 13.0 Å². The molecule has 3 amide bonds. The van der Waals surface area contributed by atoms with E-state index in [1.54, 1.807) is 48.7 Å². The molecular weight excluding hydrogens is 282 g/mol. The van der Waals surface area contributed by atoms with Crippen molar-refractivity contribution in [2.24, 2.45) is 0 Å².